The molecule has 1 aliphatic carbocycles. The maximum atomic E-state index is 12.4. The Morgan fingerprint density at radius 3 is 2.75 bits per heavy atom. The molecule has 4 nitrogen and oxygen atoms in total. The molecular formula is C16H23N3O. The number of para-hydroxylation sites is 2. The van der Waals surface area contributed by atoms with Crippen LogP contribution >= 0.6 is 0 Å². The van der Waals surface area contributed by atoms with E-state index < -0.39 is 0 Å². The van der Waals surface area contributed by atoms with E-state index in [1.54, 1.807) is 0 Å². The third kappa shape index (κ3) is 2.74. The molecule has 0 spiro atoms. The first kappa shape index (κ1) is 13.3. The molecule has 1 heterocycles. The van der Waals surface area contributed by atoms with Crippen molar-refractivity contribution in [3.8, 4) is 0 Å². The Balaban J connectivity index is 1.59. The number of amides is 1. The van der Waals surface area contributed by atoms with E-state index in [9.17, 15) is 4.79 Å². The Bertz CT molecular complexity index is 512. The predicted octanol–water partition coefficient (Wildman–Crippen LogP) is 2.59. The highest BCUT2D eigenvalue weighted by Gasteiger charge is 2.33. The SMILES string of the molecule is CC1(C)CCC(NC(=O)C2CNc3ccccc3N2)C1. The minimum Gasteiger partial charge on any atom is -0.381 e. The highest BCUT2D eigenvalue weighted by molar-refractivity contribution is 5.88. The summed E-state index contributed by atoms with van der Waals surface area (Å²) in [5, 5.41) is 9.82. The number of rotatable bonds is 2. The van der Waals surface area contributed by atoms with E-state index in [1.165, 1.54) is 6.42 Å². The second kappa shape index (κ2) is 5.00. The summed E-state index contributed by atoms with van der Waals surface area (Å²) < 4.78 is 0. The van der Waals surface area contributed by atoms with Crippen LogP contribution in [-0.2, 0) is 4.79 Å². The van der Waals surface area contributed by atoms with Crippen molar-refractivity contribution < 1.29 is 4.79 Å². The third-order valence-corrected chi connectivity index (χ3v) is 4.38. The van der Waals surface area contributed by atoms with Gasteiger partial charge in [0.1, 0.15) is 6.04 Å². The molecule has 1 aromatic rings. The number of nitrogens with one attached hydrogen (secondary N) is 3. The molecule has 108 valence electrons. The molecule has 1 fully saturated rings. The molecule has 0 radical (unpaired) electrons. The van der Waals surface area contributed by atoms with Crippen molar-refractivity contribution in [3.05, 3.63) is 24.3 Å². The van der Waals surface area contributed by atoms with Gasteiger partial charge in [0, 0.05) is 12.6 Å². The van der Waals surface area contributed by atoms with Gasteiger partial charge in [-0.25, -0.2) is 0 Å². The average molecular weight is 273 g/mol. The van der Waals surface area contributed by atoms with Crippen molar-refractivity contribution in [1.82, 2.24) is 5.32 Å². The minimum atomic E-state index is -0.186. The van der Waals surface area contributed by atoms with Gasteiger partial charge >= 0.3 is 0 Å². The molecule has 0 aromatic heterocycles. The summed E-state index contributed by atoms with van der Waals surface area (Å²) in [6.45, 7) is 5.19. The van der Waals surface area contributed by atoms with Crippen LogP contribution in [0.5, 0.6) is 0 Å². The summed E-state index contributed by atoms with van der Waals surface area (Å²) in [4.78, 5) is 12.4. The van der Waals surface area contributed by atoms with E-state index in [-0.39, 0.29) is 11.9 Å². The number of anilines is 2. The van der Waals surface area contributed by atoms with Gasteiger partial charge in [-0.05, 0) is 36.8 Å². The monoisotopic (exact) mass is 273 g/mol. The largest absolute Gasteiger partial charge is 0.381 e. The second-order valence-corrected chi connectivity index (χ2v) is 6.74. The Hall–Kier alpha value is -1.71. The first-order chi connectivity index (χ1) is 9.53. The fourth-order valence-corrected chi connectivity index (χ4v) is 3.23. The highest BCUT2D eigenvalue weighted by atomic mass is 16.2. The Labute approximate surface area is 120 Å². The van der Waals surface area contributed by atoms with Gasteiger partial charge in [-0.2, -0.15) is 0 Å². The molecule has 0 saturated heterocycles. The van der Waals surface area contributed by atoms with Crippen LogP contribution < -0.4 is 16.0 Å². The van der Waals surface area contributed by atoms with E-state index in [0.717, 1.165) is 24.2 Å². The summed E-state index contributed by atoms with van der Waals surface area (Å²) in [5.41, 5.74) is 2.44. The molecule has 1 saturated carbocycles. The molecule has 3 N–H and O–H groups in total. The van der Waals surface area contributed by atoms with E-state index in [1.807, 2.05) is 24.3 Å². The topological polar surface area (TPSA) is 53.2 Å². The van der Waals surface area contributed by atoms with Crippen LogP contribution in [0.25, 0.3) is 0 Å². The summed E-state index contributed by atoms with van der Waals surface area (Å²) >= 11 is 0. The van der Waals surface area contributed by atoms with Crippen molar-refractivity contribution in [3.63, 3.8) is 0 Å². The summed E-state index contributed by atoms with van der Waals surface area (Å²) in [7, 11) is 0. The van der Waals surface area contributed by atoms with Crippen LogP contribution in [0.4, 0.5) is 11.4 Å². The van der Waals surface area contributed by atoms with Crippen molar-refractivity contribution in [2.24, 2.45) is 5.41 Å². The lowest BCUT2D eigenvalue weighted by Crippen LogP contribution is -2.48. The molecule has 1 aliphatic heterocycles. The zero-order chi connectivity index (χ0) is 14.2. The van der Waals surface area contributed by atoms with Crippen molar-refractivity contribution >= 4 is 17.3 Å². The fourth-order valence-electron chi connectivity index (χ4n) is 3.23. The van der Waals surface area contributed by atoms with Gasteiger partial charge in [0.25, 0.3) is 0 Å². The number of carbonyl (C=O) groups excluding carboxylic acids is 1. The standard InChI is InChI=1S/C16H23N3O/c1-16(2)8-7-11(9-16)18-15(20)14-10-17-12-5-3-4-6-13(12)19-14/h3-6,11,14,17,19H,7-10H2,1-2H3,(H,18,20). The van der Waals surface area contributed by atoms with Gasteiger partial charge in [0.15, 0.2) is 0 Å². The lowest BCUT2D eigenvalue weighted by Gasteiger charge is -2.28. The van der Waals surface area contributed by atoms with Gasteiger partial charge in [0.05, 0.1) is 11.4 Å². The molecule has 0 bridgehead atoms. The van der Waals surface area contributed by atoms with Gasteiger partial charge in [0.2, 0.25) is 5.91 Å². The lowest BCUT2D eigenvalue weighted by atomic mass is 9.92. The molecule has 2 atom stereocenters. The summed E-state index contributed by atoms with van der Waals surface area (Å²) in [6.07, 6.45) is 3.36. The lowest BCUT2D eigenvalue weighted by molar-refractivity contribution is -0.122. The maximum absolute atomic E-state index is 12.4. The number of hydrogen-bond donors (Lipinski definition) is 3. The van der Waals surface area contributed by atoms with E-state index in [0.29, 0.717) is 18.0 Å². The van der Waals surface area contributed by atoms with Crippen LogP contribution in [0, 0.1) is 5.41 Å². The van der Waals surface area contributed by atoms with Crippen LogP contribution in [0.1, 0.15) is 33.1 Å². The molecule has 1 aromatic carbocycles. The first-order valence-electron chi connectivity index (χ1n) is 7.43. The van der Waals surface area contributed by atoms with Crippen molar-refractivity contribution in [2.75, 3.05) is 17.2 Å². The quantitative estimate of drug-likeness (QED) is 0.776. The van der Waals surface area contributed by atoms with Gasteiger partial charge in [-0.1, -0.05) is 26.0 Å². The van der Waals surface area contributed by atoms with Crippen LogP contribution in [0.15, 0.2) is 24.3 Å². The zero-order valence-corrected chi connectivity index (χ0v) is 12.2. The third-order valence-electron chi connectivity index (χ3n) is 4.38. The van der Waals surface area contributed by atoms with Gasteiger partial charge in [-0.15, -0.1) is 0 Å². The number of benzene rings is 1. The molecule has 20 heavy (non-hydrogen) atoms. The minimum absolute atomic E-state index is 0.106. The number of carbonyl (C=O) groups is 1. The van der Waals surface area contributed by atoms with E-state index >= 15 is 0 Å². The second-order valence-electron chi connectivity index (χ2n) is 6.74. The van der Waals surface area contributed by atoms with Crippen LogP contribution in [-0.4, -0.2) is 24.5 Å². The molecular weight excluding hydrogens is 250 g/mol. The molecule has 2 unspecified atom stereocenters. The van der Waals surface area contributed by atoms with E-state index in [2.05, 4.69) is 29.8 Å². The zero-order valence-electron chi connectivity index (χ0n) is 12.2. The van der Waals surface area contributed by atoms with Crippen LogP contribution in [0.2, 0.25) is 0 Å². The normalized spacial score (nSPS) is 27.1. The summed E-state index contributed by atoms with van der Waals surface area (Å²) in [6, 6.07) is 8.14. The highest BCUT2D eigenvalue weighted by Crippen LogP contribution is 2.37. The summed E-state index contributed by atoms with van der Waals surface area (Å²) in [5.74, 6) is 0.106. The van der Waals surface area contributed by atoms with Gasteiger partial charge < -0.3 is 16.0 Å². The first-order valence-corrected chi connectivity index (χ1v) is 7.43. The molecule has 4 heteroatoms. The fraction of sp³-hybridized carbons (Fsp3) is 0.562. The Morgan fingerprint density at radius 1 is 1.30 bits per heavy atom. The number of hydrogen-bond acceptors (Lipinski definition) is 3. The number of fused-ring (bicyclic) bond motifs is 1. The van der Waals surface area contributed by atoms with Crippen LogP contribution in [0.3, 0.4) is 0 Å². The van der Waals surface area contributed by atoms with Crippen molar-refractivity contribution in [1.29, 1.82) is 0 Å². The smallest absolute Gasteiger partial charge is 0.244 e. The van der Waals surface area contributed by atoms with Gasteiger partial charge in [-0.3, -0.25) is 4.79 Å². The van der Waals surface area contributed by atoms with E-state index in [4.69, 9.17) is 0 Å². The predicted molar refractivity (Wildman–Crippen MR) is 81.9 cm³/mol. The average Bonchev–Trinajstić information content (AvgIpc) is 2.77. The molecule has 2 aliphatic rings. The van der Waals surface area contributed by atoms with Crippen molar-refractivity contribution in [2.45, 2.75) is 45.2 Å². The molecule has 3 rings (SSSR count). The maximum Gasteiger partial charge on any atom is 0.244 e. The molecule has 1 amide bonds. The Kier molecular flexibility index (Phi) is 3.32. The Morgan fingerprint density at radius 2 is 2.05 bits per heavy atom.